The third kappa shape index (κ3) is 3.64. The van der Waals surface area contributed by atoms with Gasteiger partial charge in [-0.2, -0.15) is 5.10 Å². The zero-order valence-electron chi connectivity index (χ0n) is 15.9. The third-order valence-electron chi connectivity index (χ3n) is 4.90. The van der Waals surface area contributed by atoms with Crippen LogP contribution in [0.3, 0.4) is 0 Å². The molecule has 1 atom stereocenters. The summed E-state index contributed by atoms with van der Waals surface area (Å²) in [5, 5.41) is 4.45. The number of rotatable bonds is 5. The van der Waals surface area contributed by atoms with Crippen molar-refractivity contribution in [1.82, 2.24) is 14.5 Å². The molecule has 2 aromatic rings. The van der Waals surface area contributed by atoms with Crippen molar-refractivity contribution in [2.24, 2.45) is 5.92 Å². The summed E-state index contributed by atoms with van der Waals surface area (Å²) in [4.78, 5) is 0.306. The van der Waals surface area contributed by atoms with E-state index in [1.165, 1.54) is 0 Å². The number of nitrogens with two attached hydrogens (primary N) is 1. The Morgan fingerprint density at radius 3 is 2.77 bits per heavy atom. The van der Waals surface area contributed by atoms with Gasteiger partial charge >= 0.3 is 0 Å². The predicted molar refractivity (Wildman–Crippen MR) is 103 cm³/mol. The van der Waals surface area contributed by atoms with Crippen LogP contribution < -0.4 is 10.5 Å². The number of sulfonamides is 1. The van der Waals surface area contributed by atoms with Crippen molar-refractivity contribution in [3.8, 4) is 0 Å². The molecule has 3 rings (SSSR count). The van der Waals surface area contributed by atoms with Gasteiger partial charge in [-0.25, -0.2) is 13.1 Å². The summed E-state index contributed by atoms with van der Waals surface area (Å²) in [6.45, 7) is 8.47. The zero-order valence-corrected chi connectivity index (χ0v) is 16.7. The zero-order chi connectivity index (χ0) is 19.1. The van der Waals surface area contributed by atoms with E-state index >= 15 is 0 Å². The molecule has 0 spiro atoms. The molecule has 0 saturated carbocycles. The molecule has 0 saturated heterocycles. The van der Waals surface area contributed by atoms with Gasteiger partial charge in [0, 0.05) is 18.3 Å². The molecule has 1 aliphatic carbocycles. The minimum atomic E-state index is -3.65. The van der Waals surface area contributed by atoms with Crippen molar-refractivity contribution in [3.63, 3.8) is 0 Å². The number of aryl methyl sites for hydroxylation is 2. The van der Waals surface area contributed by atoms with Crippen LogP contribution in [0.2, 0.25) is 0 Å². The quantitative estimate of drug-likeness (QED) is 0.785. The molecule has 0 bridgehead atoms. The Morgan fingerprint density at radius 1 is 1.35 bits per heavy atom. The highest BCUT2D eigenvalue weighted by molar-refractivity contribution is 7.89. The number of aromatic nitrogens is 2. The maximum absolute atomic E-state index is 13.1. The molecule has 26 heavy (non-hydrogen) atoms. The second-order valence-corrected chi connectivity index (χ2v) is 9.25. The highest BCUT2D eigenvalue weighted by Crippen LogP contribution is 2.33. The summed E-state index contributed by atoms with van der Waals surface area (Å²) in [5.41, 5.74) is 9.99. The van der Waals surface area contributed by atoms with E-state index in [0.717, 1.165) is 30.4 Å². The van der Waals surface area contributed by atoms with Gasteiger partial charge in [-0.1, -0.05) is 19.9 Å². The molecule has 3 N–H and O–H groups in total. The molecule has 6 nitrogen and oxygen atoms in total. The molecule has 0 aliphatic heterocycles. The van der Waals surface area contributed by atoms with Gasteiger partial charge in [-0.3, -0.25) is 4.68 Å². The highest BCUT2D eigenvalue weighted by Gasteiger charge is 2.30. The summed E-state index contributed by atoms with van der Waals surface area (Å²) in [6, 6.07) is 5.51. The van der Waals surface area contributed by atoms with E-state index in [4.69, 9.17) is 5.73 Å². The van der Waals surface area contributed by atoms with Crippen molar-refractivity contribution < 1.29 is 8.42 Å². The minimum absolute atomic E-state index is 0.225. The first kappa shape index (κ1) is 18.9. The number of nitrogens with one attached hydrogen (secondary N) is 1. The van der Waals surface area contributed by atoms with Crippen molar-refractivity contribution in [1.29, 1.82) is 0 Å². The Morgan fingerprint density at radius 2 is 2.08 bits per heavy atom. The van der Waals surface area contributed by atoms with E-state index in [1.54, 1.807) is 11.6 Å². The molecule has 1 unspecified atom stereocenters. The summed E-state index contributed by atoms with van der Waals surface area (Å²) in [5.74, 6) is 0.396. The number of anilines is 1. The Hall–Kier alpha value is -1.86. The highest BCUT2D eigenvalue weighted by atomic mass is 32.2. The van der Waals surface area contributed by atoms with Gasteiger partial charge in [0.1, 0.15) is 4.90 Å². The molecule has 7 heteroatoms. The fourth-order valence-electron chi connectivity index (χ4n) is 3.80. The minimum Gasteiger partial charge on any atom is -0.399 e. The number of hydrogen-bond donors (Lipinski definition) is 2. The lowest BCUT2D eigenvalue weighted by molar-refractivity contribution is 0.471. The Balaban J connectivity index is 1.93. The standard InChI is InChI=1S/C19H28N4O2S/c1-12(2)11-23-14(4)19(13(3)21-23)26(24,25)22-18-7-5-6-15-10-16(20)8-9-17(15)18/h8-10,12,18,22H,5-7,11,20H2,1-4H3. The van der Waals surface area contributed by atoms with Gasteiger partial charge in [0.05, 0.1) is 11.4 Å². The van der Waals surface area contributed by atoms with Crippen LogP contribution >= 0.6 is 0 Å². The number of nitrogen functional groups attached to an aromatic ring is 1. The summed E-state index contributed by atoms with van der Waals surface area (Å²) >= 11 is 0. The Kier molecular flexibility index (Phi) is 5.12. The van der Waals surface area contributed by atoms with Crippen molar-refractivity contribution in [3.05, 3.63) is 40.7 Å². The van der Waals surface area contributed by atoms with Gasteiger partial charge < -0.3 is 5.73 Å². The van der Waals surface area contributed by atoms with Gasteiger partial charge in [-0.15, -0.1) is 0 Å². The van der Waals surface area contributed by atoms with E-state index in [-0.39, 0.29) is 6.04 Å². The van der Waals surface area contributed by atoms with Crippen LogP contribution in [0, 0.1) is 19.8 Å². The van der Waals surface area contributed by atoms with Crippen LogP contribution in [0.1, 0.15) is 55.2 Å². The lowest BCUT2D eigenvalue weighted by atomic mass is 9.88. The van der Waals surface area contributed by atoms with E-state index in [1.807, 2.05) is 25.1 Å². The van der Waals surface area contributed by atoms with Crippen LogP contribution in [0.15, 0.2) is 23.1 Å². The van der Waals surface area contributed by atoms with Crippen molar-refractivity contribution in [2.45, 2.75) is 64.4 Å². The molecule has 0 fully saturated rings. The van der Waals surface area contributed by atoms with Gasteiger partial charge in [0.15, 0.2) is 0 Å². The molecule has 1 aliphatic rings. The summed E-state index contributed by atoms with van der Waals surface area (Å²) in [7, 11) is -3.65. The monoisotopic (exact) mass is 376 g/mol. The smallest absolute Gasteiger partial charge is 0.244 e. The normalized spacial score (nSPS) is 17.5. The van der Waals surface area contributed by atoms with E-state index in [9.17, 15) is 8.42 Å². The van der Waals surface area contributed by atoms with Crippen LogP contribution in [0.4, 0.5) is 5.69 Å². The first-order valence-electron chi connectivity index (χ1n) is 9.13. The van der Waals surface area contributed by atoms with Gasteiger partial charge in [0.25, 0.3) is 0 Å². The Labute approximate surface area is 155 Å². The van der Waals surface area contributed by atoms with Crippen molar-refractivity contribution >= 4 is 15.7 Å². The first-order valence-corrected chi connectivity index (χ1v) is 10.6. The summed E-state index contributed by atoms with van der Waals surface area (Å²) < 4.78 is 31.0. The second-order valence-electron chi connectivity index (χ2n) is 7.60. The van der Waals surface area contributed by atoms with Gasteiger partial charge in [0.2, 0.25) is 10.0 Å². The molecular weight excluding hydrogens is 348 g/mol. The van der Waals surface area contributed by atoms with Gasteiger partial charge in [-0.05, 0) is 62.3 Å². The first-order chi connectivity index (χ1) is 12.2. The molecule has 0 radical (unpaired) electrons. The van der Waals surface area contributed by atoms with Crippen LogP contribution in [0.25, 0.3) is 0 Å². The predicted octanol–water partition coefficient (Wildman–Crippen LogP) is 3.09. The molecule has 142 valence electrons. The molecule has 1 heterocycles. The average molecular weight is 377 g/mol. The van der Waals surface area contributed by atoms with Crippen LogP contribution in [-0.4, -0.2) is 18.2 Å². The molecule has 1 aromatic heterocycles. The number of fused-ring (bicyclic) bond motifs is 1. The SMILES string of the molecule is Cc1nn(CC(C)C)c(C)c1S(=O)(=O)NC1CCCc2cc(N)ccc21. The third-order valence-corrected chi connectivity index (χ3v) is 6.62. The maximum Gasteiger partial charge on any atom is 0.244 e. The van der Waals surface area contributed by atoms with E-state index in [2.05, 4.69) is 23.7 Å². The topological polar surface area (TPSA) is 90.0 Å². The lowest BCUT2D eigenvalue weighted by Gasteiger charge is -2.26. The average Bonchev–Trinajstić information content (AvgIpc) is 2.80. The fraction of sp³-hybridized carbons (Fsp3) is 0.526. The maximum atomic E-state index is 13.1. The Bertz CT molecular complexity index is 916. The number of benzene rings is 1. The number of nitrogens with zero attached hydrogens (tertiary/aromatic N) is 2. The molecule has 1 aromatic carbocycles. The second kappa shape index (κ2) is 7.04. The summed E-state index contributed by atoms with van der Waals surface area (Å²) in [6.07, 6.45) is 2.66. The largest absolute Gasteiger partial charge is 0.399 e. The lowest BCUT2D eigenvalue weighted by Crippen LogP contribution is -2.31. The van der Waals surface area contributed by atoms with Crippen LogP contribution in [-0.2, 0) is 23.0 Å². The van der Waals surface area contributed by atoms with Crippen molar-refractivity contribution in [2.75, 3.05) is 5.73 Å². The molecular formula is C19H28N4O2S. The number of hydrogen-bond acceptors (Lipinski definition) is 4. The van der Waals surface area contributed by atoms with E-state index in [0.29, 0.717) is 34.4 Å². The fourth-order valence-corrected chi connectivity index (χ4v) is 5.46. The van der Waals surface area contributed by atoms with Crippen LogP contribution in [0.5, 0.6) is 0 Å². The van der Waals surface area contributed by atoms with E-state index < -0.39 is 10.0 Å². The molecule has 0 amide bonds.